The van der Waals surface area contributed by atoms with Crippen LogP contribution in [0.1, 0.15) is 96.8 Å². The van der Waals surface area contributed by atoms with Crippen LogP contribution in [0.2, 0.25) is 0 Å². The molecule has 4 heteroatoms. The lowest BCUT2D eigenvalue weighted by atomic mass is 10.0. The highest BCUT2D eigenvalue weighted by molar-refractivity contribution is 7.97. The summed E-state index contributed by atoms with van der Waals surface area (Å²) in [6.07, 6.45) is 16.6. The SMILES string of the molecule is CCCCCCCCCCCCCCCC(=O)C(C(=O)OC)=P(c1ccccc1)(c1ccccc1)c1ccccc1. The third-order valence-electron chi connectivity index (χ3n) is 7.92. The largest absolute Gasteiger partial charge is 0.465 e. The Hall–Kier alpha value is -2.90. The summed E-state index contributed by atoms with van der Waals surface area (Å²) >= 11 is 0. The first-order valence-electron chi connectivity index (χ1n) is 15.7. The van der Waals surface area contributed by atoms with Gasteiger partial charge in [-0.05, 0) is 29.2 Å². The Morgan fingerprint density at radius 3 is 1.22 bits per heavy atom. The second-order valence-corrected chi connectivity index (χ2v) is 14.3. The zero-order chi connectivity index (χ0) is 29.2. The standard InChI is InChI=1S/C37H49O3P/c1-3-4-5-6-7-8-9-10-11-12-13-14-24-31-35(38)36(37(39)40-2)41(32-25-18-15-19-26-32,33-27-20-16-21-28-33)34-29-22-17-23-30-34/h15-23,25-30H,3-14,24,31H2,1-2H3. The van der Waals surface area contributed by atoms with Crippen molar-refractivity contribution in [3.63, 3.8) is 0 Å². The van der Waals surface area contributed by atoms with Crippen LogP contribution in [0.5, 0.6) is 0 Å². The van der Waals surface area contributed by atoms with Gasteiger partial charge in [-0.25, -0.2) is 4.79 Å². The van der Waals surface area contributed by atoms with Crippen molar-refractivity contribution in [2.75, 3.05) is 7.11 Å². The lowest BCUT2D eigenvalue weighted by Gasteiger charge is -2.31. The second-order valence-electron chi connectivity index (χ2n) is 10.9. The van der Waals surface area contributed by atoms with Crippen LogP contribution >= 0.6 is 6.89 Å². The van der Waals surface area contributed by atoms with Gasteiger partial charge in [0.1, 0.15) is 5.29 Å². The summed E-state index contributed by atoms with van der Waals surface area (Å²) in [5.41, 5.74) is 0. The lowest BCUT2D eigenvalue weighted by Crippen LogP contribution is -2.38. The minimum absolute atomic E-state index is 0.0928. The molecule has 0 spiro atoms. The number of Topliss-reactive ketones (excluding diaryl/α,β-unsaturated/α-hetero) is 1. The van der Waals surface area contributed by atoms with E-state index >= 15 is 0 Å². The maximum absolute atomic E-state index is 14.1. The molecule has 0 aliphatic rings. The van der Waals surface area contributed by atoms with Gasteiger partial charge in [0.25, 0.3) is 0 Å². The second kappa shape index (κ2) is 18.5. The Bertz CT molecular complexity index is 1120. The molecule has 0 amide bonds. The van der Waals surface area contributed by atoms with Gasteiger partial charge in [0, 0.05) is 6.42 Å². The molecule has 3 rings (SSSR count). The van der Waals surface area contributed by atoms with Crippen LogP contribution < -0.4 is 15.9 Å². The first kappa shape index (κ1) is 32.6. The van der Waals surface area contributed by atoms with Crippen LogP contribution in [0, 0.1) is 0 Å². The predicted octanol–water partition coefficient (Wildman–Crippen LogP) is 8.38. The van der Waals surface area contributed by atoms with Crippen molar-refractivity contribution in [3.05, 3.63) is 91.0 Å². The van der Waals surface area contributed by atoms with Crippen LogP contribution in [-0.2, 0) is 14.3 Å². The summed E-state index contributed by atoms with van der Waals surface area (Å²) in [7, 11) is 1.39. The number of esters is 1. The number of ether oxygens (including phenoxy) is 1. The van der Waals surface area contributed by atoms with Gasteiger partial charge in [-0.15, -0.1) is 0 Å². The first-order chi connectivity index (χ1) is 20.2. The van der Waals surface area contributed by atoms with Crippen molar-refractivity contribution >= 4 is 39.8 Å². The van der Waals surface area contributed by atoms with E-state index in [-0.39, 0.29) is 5.78 Å². The highest BCUT2D eigenvalue weighted by Gasteiger charge is 2.36. The zero-order valence-corrected chi connectivity index (χ0v) is 26.1. The van der Waals surface area contributed by atoms with Gasteiger partial charge in [0.05, 0.1) is 7.11 Å². The summed E-state index contributed by atoms with van der Waals surface area (Å²) in [5.74, 6) is -0.612. The Morgan fingerprint density at radius 2 is 0.878 bits per heavy atom. The Morgan fingerprint density at radius 1 is 0.537 bits per heavy atom. The van der Waals surface area contributed by atoms with Gasteiger partial charge in [0.2, 0.25) is 0 Å². The van der Waals surface area contributed by atoms with Crippen molar-refractivity contribution in [3.8, 4) is 0 Å². The van der Waals surface area contributed by atoms with Crippen LogP contribution in [-0.4, -0.2) is 24.2 Å². The summed E-state index contributed by atoms with van der Waals surface area (Å²) in [6, 6.07) is 30.2. The van der Waals surface area contributed by atoms with E-state index in [1.807, 2.05) is 54.6 Å². The van der Waals surface area contributed by atoms with E-state index in [9.17, 15) is 9.59 Å². The predicted molar refractivity (Wildman–Crippen MR) is 177 cm³/mol. The highest BCUT2D eigenvalue weighted by atomic mass is 31.2. The summed E-state index contributed by atoms with van der Waals surface area (Å²) in [5, 5.41) is 3.24. The van der Waals surface area contributed by atoms with Gasteiger partial charge in [-0.3, -0.25) is 4.79 Å². The van der Waals surface area contributed by atoms with Gasteiger partial charge in [0.15, 0.2) is 5.78 Å². The molecule has 0 atom stereocenters. The number of benzene rings is 3. The van der Waals surface area contributed by atoms with Crippen LogP contribution in [0.15, 0.2) is 91.0 Å². The molecule has 41 heavy (non-hydrogen) atoms. The summed E-state index contributed by atoms with van der Waals surface area (Å²) in [6.45, 7) is -0.521. The minimum atomic E-state index is -2.79. The Labute approximate surface area is 248 Å². The van der Waals surface area contributed by atoms with Crippen molar-refractivity contribution in [2.24, 2.45) is 0 Å². The Balaban J connectivity index is 1.77. The van der Waals surface area contributed by atoms with Gasteiger partial charge in [-0.1, -0.05) is 175 Å². The number of unbranched alkanes of at least 4 members (excludes halogenated alkanes) is 12. The average molecular weight is 573 g/mol. The molecule has 0 saturated heterocycles. The van der Waals surface area contributed by atoms with Gasteiger partial charge >= 0.3 is 5.97 Å². The molecule has 0 aliphatic heterocycles. The molecular weight excluding hydrogens is 523 g/mol. The summed E-state index contributed by atoms with van der Waals surface area (Å²) in [4.78, 5) is 27.7. The molecule has 0 saturated carbocycles. The van der Waals surface area contributed by atoms with E-state index in [2.05, 4.69) is 43.3 Å². The molecular formula is C37H49O3P. The monoisotopic (exact) mass is 572 g/mol. The number of carbonyl (C=O) groups excluding carboxylic acids is 2. The lowest BCUT2D eigenvalue weighted by molar-refractivity contribution is -0.133. The van der Waals surface area contributed by atoms with Crippen molar-refractivity contribution < 1.29 is 14.3 Å². The maximum Gasteiger partial charge on any atom is 0.342 e. The number of hydrogen-bond acceptors (Lipinski definition) is 3. The quantitative estimate of drug-likeness (QED) is 0.0627. The third-order valence-corrected chi connectivity index (χ3v) is 12.2. The third kappa shape index (κ3) is 9.30. The number of carbonyl (C=O) groups is 2. The van der Waals surface area contributed by atoms with E-state index < -0.39 is 12.9 Å². The number of hydrogen-bond donors (Lipinski definition) is 0. The van der Waals surface area contributed by atoms with Crippen LogP contribution in [0.25, 0.3) is 0 Å². The van der Waals surface area contributed by atoms with Crippen LogP contribution in [0.3, 0.4) is 0 Å². The smallest absolute Gasteiger partial charge is 0.342 e. The normalized spacial score (nSPS) is 11.3. The molecule has 0 fully saturated rings. The minimum Gasteiger partial charge on any atom is -0.465 e. The summed E-state index contributed by atoms with van der Waals surface area (Å²) < 4.78 is 5.35. The van der Waals surface area contributed by atoms with Gasteiger partial charge < -0.3 is 4.74 Å². The fourth-order valence-electron chi connectivity index (χ4n) is 5.75. The van der Waals surface area contributed by atoms with Crippen molar-refractivity contribution in [1.82, 2.24) is 0 Å². The topological polar surface area (TPSA) is 43.4 Å². The van der Waals surface area contributed by atoms with Crippen molar-refractivity contribution in [2.45, 2.75) is 96.8 Å². The first-order valence-corrected chi connectivity index (χ1v) is 17.5. The molecule has 0 aromatic heterocycles. The van der Waals surface area contributed by atoms with Crippen molar-refractivity contribution in [1.29, 1.82) is 0 Å². The molecule has 220 valence electrons. The highest BCUT2D eigenvalue weighted by Crippen LogP contribution is 2.47. The van der Waals surface area contributed by atoms with Crippen LogP contribution in [0.4, 0.5) is 0 Å². The molecule has 0 heterocycles. The molecule has 3 aromatic carbocycles. The average Bonchev–Trinajstić information content (AvgIpc) is 3.03. The van der Waals surface area contributed by atoms with E-state index in [4.69, 9.17) is 4.74 Å². The van der Waals surface area contributed by atoms with E-state index in [0.717, 1.165) is 35.2 Å². The van der Waals surface area contributed by atoms with E-state index in [0.29, 0.717) is 11.7 Å². The molecule has 3 nitrogen and oxygen atoms in total. The molecule has 3 aromatic rings. The zero-order valence-electron chi connectivity index (χ0n) is 25.2. The molecule has 0 unspecified atom stereocenters. The fourth-order valence-corrected chi connectivity index (χ4v) is 10.1. The number of methoxy groups -OCH3 is 1. The maximum atomic E-state index is 14.1. The number of ketones is 1. The molecule has 0 bridgehead atoms. The molecule has 0 radical (unpaired) electrons. The van der Waals surface area contributed by atoms with Gasteiger partial charge in [-0.2, -0.15) is 0 Å². The van der Waals surface area contributed by atoms with E-state index in [1.54, 1.807) is 0 Å². The fraction of sp³-hybridized carbons (Fsp3) is 0.432. The Kier molecular flexibility index (Phi) is 14.7. The number of rotatable bonds is 19. The molecule has 0 N–H and O–H groups in total. The van der Waals surface area contributed by atoms with E-state index in [1.165, 1.54) is 71.3 Å². The molecule has 0 aliphatic carbocycles.